The van der Waals surface area contributed by atoms with Crippen molar-refractivity contribution in [2.75, 3.05) is 0 Å². The molecule has 1 atom stereocenters. The summed E-state index contributed by atoms with van der Waals surface area (Å²) < 4.78 is 5.41. The van der Waals surface area contributed by atoms with Crippen LogP contribution in [0.3, 0.4) is 0 Å². The quantitative estimate of drug-likeness (QED) is 0.542. The smallest absolute Gasteiger partial charge is 0.308 e. The molecule has 0 saturated carbocycles. The molecule has 22 heavy (non-hydrogen) atoms. The van der Waals surface area contributed by atoms with E-state index in [-0.39, 0.29) is 11.9 Å². The van der Waals surface area contributed by atoms with Gasteiger partial charge in [0.1, 0.15) is 5.76 Å². The summed E-state index contributed by atoms with van der Waals surface area (Å²) in [6, 6.07) is 17.4. The van der Waals surface area contributed by atoms with E-state index in [1.165, 1.54) is 6.92 Å². The van der Waals surface area contributed by atoms with Gasteiger partial charge in [-0.1, -0.05) is 61.0 Å². The maximum Gasteiger partial charge on any atom is 0.308 e. The van der Waals surface area contributed by atoms with Gasteiger partial charge >= 0.3 is 5.97 Å². The summed E-state index contributed by atoms with van der Waals surface area (Å²) in [5, 5.41) is 0.714. The number of carbonyl (C=O) groups is 1. The van der Waals surface area contributed by atoms with Crippen molar-refractivity contribution in [1.29, 1.82) is 0 Å². The van der Waals surface area contributed by atoms with E-state index in [4.69, 9.17) is 16.3 Å². The predicted molar refractivity (Wildman–Crippen MR) is 90.7 cm³/mol. The van der Waals surface area contributed by atoms with Gasteiger partial charge in [0, 0.05) is 23.4 Å². The number of ether oxygens (including phenoxy) is 1. The Morgan fingerprint density at radius 1 is 1.14 bits per heavy atom. The molecule has 0 radical (unpaired) electrons. The Morgan fingerprint density at radius 2 is 1.77 bits per heavy atom. The number of hydrogen-bond acceptors (Lipinski definition) is 2. The second-order valence-corrected chi connectivity index (χ2v) is 5.49. The molecule has 2 aromatic rings. The zero-order valence-electron chi connectivity index (χ0n) is 12.8. The first-order valence-electron chi connectivity index (χ1n) is 7.31. The molecule has 0 fully saturated rings. The van der Waals surface area contributed by atoms with Crippen LogP contribution in [-0.2, 0) is 9.53 Å². The van der Waals surface area contributed by atoms with Crippen LogP contribution in [0.25, 0.3) is 5.76 Å². The SMILES string of the molecule is CC[C@H](/C=C(\OC(C)=O)c1ccccc1)c1ccc(Cl)cc1. The second kappa shape index (κ2) is 7.81. The number of carbonyl (C=O) groups excluding carboxylic acids is 1. The summed E-state index contributed by atoms with van der Waals surface area (Å²) in [4.78, 5) is 11.4. The van der Waals surface area contributed by atoms with Crippen LogP contribution in [0.1, 0.15) is 37.3 Å². The molecule has 0 aromatic heterocycles. The Morgan fingerprint density at radius 3 is 2.32 bits per heavy atom. The molecule has 0 spiro atoms. The number of esters is 1. The predicted octanol–water partition coefficient (Wildman–Crippen LogP) is 5.44. The summed E-state index contributed by atoms with van der Waals surface area (Å²) in [5.41, 5.74) is 2.04. The van der Waals surface area contributed by atoms with Gasteiger partial charge in [-0.25, -0.2) is 0 Å². The molecule has 0 aliphatic heterocycles. The monoisotopic (exact) mass is 314 g/mol. The van der Waals surface area contributed by atoms with Crippen molar-refractivity contribution < 1.29 is 9.53 Å². The first-order valence-corrected chi connectivity index (χ1v) is 7.69. The standard InChI is InChI=1S/C19H19ClO2/c1-3-15(16-9-11-18(20)12-10-16)13-19(22-14(2)21)17-7-5-4-6-8-17/h4-13,15H,3H2,1-2H3/b19-13-/t15-/m1/s1. The van der Waals surface area contributed by atoms with E-state index in [2.05, 4.69) is 6.92 Å². The van der Waals surface area contributed by atoms with Crippen LogP contribution < -0.4 is 0 Å². The highest BCUT2D eigenvalue weighted by atomic mass is 35.5. The summed E-state index contributed by atoms with van der Waals surface area (Å²) >= 11 is 5.95. The van der Waals surface area contributed by atoms with Crippen molar-refractivity contribution in [3.05, 3.63) is 76.8 Å². The number of allylic oxidation sites excluding steroid dienone is 1. The molecule has 2 aromatic carbocycles. The van der Waals surface area contributed by atoms with E-state index < -0.39 is 0 Å². The van der Waals surface area contributed by atoms with Crippen LogP contribution in [0.2, 0.25) is 5.02 Å². The lowest BCUT2D eigenvalue weighted by molar-refractivity contribution is -0.134. The third-order valence-corrected chi connectivity index (χ3v) is 3.65. The molecule has 2 nitrogen and oxygen atoms in total. The summed E-state index contributed by atoms with van der Waals surface area (Å²) in [5.74, 6) is 0.433. The maximum atomic E-state index is 11.4. The summed E-state index contributed by atoms with van der Waals surface area (Å²) in [6.07, 6.45) is 2.90. The van der Waals surface area contributed by atoms with Crippen LogP contribution >= 0.6 is 11.6 Å². The Hall–Kier alpha value is -2.06. The van der Waals surface area contributed by atoms with Crippen molar-refractivity contribution in [3.63, 3.8) is 0 Å². The van der Waals surface area contributed by atoms with Gasteiger partial charge in [0.25, 0.3) is 0 Å². The average Bonchev–Trinajstić information content (AvgIpc) is 2.53. The van der Waals surface area contributed by atoms with Gasteiger partial charge in [0.05, 0.1) is 0 Å². The average molecular weight is 315 g/mol. The highest BCUT2D eigenvalue weighted by Gasteiger charge is 2.12. The topological polar surface area (TPSA) is 26.3 Å². The molecule has 0 N–H and O–H groups in total. The van der Waals surface area contributed by atoms with Crippen LogP contribution in [-0.4, -0.2) is 5.97 Å². The molecule has 0 heterocycles. The first-order chi connectivity index (χ1) is 10.6. The largest absolute Gasteiger partial charge is 0.426 e. The molecule has 0 amide bonds. The maximum absolute atomic E-state index is 11.4. The number of halogens is 1. The minimum atomic E-state index is -0.318. The summed E-state index contributed by atoms with van der Waals surface area (Å²) in [7, 11) is 0. The lowest BCUT2D eigenvalue weighted by Crippen LogP contribution is -2.02. The summed E-state index contributed by atoms with van der Waals surface area (Å²) in [6.45, 7) is 3.52. The van der Waals surface area contributed by atoms with Gasteiger partial charge in [0.15, 0.2) is 0 Å². The van der Waals surface area contributed by atoms with Gasteiger partial charge in [-0.15, -0.1) is 0 Å². The van der Waals surface area contributed by atoms with E-state index in [0.717, 1.165) is 17.5 Å². The van der Waals surface area contributed by atoms with E-state index in [9.17, 15) is 4.79 Å². The van der Waals surface area contributed by atoms with Gasteiger partial charge in [-0.05, 0) is 30.2 Å². The number of rotatable bonds is 5. The highest BCUT2D eigenvalue weighted by molar-refractivity contribution is 6.30. The Balaban J connectivity index is 2.37. The molecule has 0 unspecified atom stereocenters. The highest BCUT2D eigenvalue weighted by Crippen LogP contribution is 2.27. The second-order valence-electron chi connectivity index (χ2n) is 5.06. The third-order valence-electron chi connectivity index (χ3n) is 3.40. The third kappa shape index (κ3) is 4.47. The normalized spacial score (nSPS) is 12.8. The minimum absolute atomic E-state index is 0.159. The molecule has 0 saturated heterocycles. The van der Waals surface area contributed by atoms with Gasteiger partial charge in [0.2, 0.25) is 0 Å². The van der Waals surface area contributed by atoms with Crippen molar-refractivity contribution in [2.24, 2.45) is 0 Å². The molecular weight excluding hydrogens is 296 g/mol. The van der Waals surface area contributed by atoms with E-state index >= 15 is 0 Å². The molecule has 2 rings (SSSR count). The first kappa shape index (κ1) is 16.3. The van der Waals surface area contributed by atoms with Crippen molar-refractivity contribution in [1.82, 2.24) is 0 Å². The Kier molecular flexibility index (Phi) is 5.79. The molecule has 114 valence electrons. The van der Waals surface area contributed by atoms with Crippen LogP contribution in [0, 0.1) is 0 Å². The Labute approximate surface area is 136 Å². The van der Waals surface area contributed by atoms with Gasteiger partial charge in [-0.3, -0.25) is 4.79 Å². The Bertz CT molecular complexity index is 645. The number of benzene rings is 2. The molecule has 3 heteroatoms. The lowest BCUT2D eigenvalue weighted by atomic mass is 9.94. The van der Waals surface area contributed by atoms with Gasteiger partial charge < -0.3 is 4.74 Å². The fraction of sp³-hybridized carbons (Fsp3) is 0.211. The van der Waals surface area contributed by atoms with E-state index in [1.807, 2.05) is 60.7 Å². The molecular formula is C19H19ClO2. The molecule has 0 aliphatic carbocycles. The van der Waals surface area contributed by atoms with Crippen LogP contribution in [0.15, 0.2) is 60.7 Å². The lowest BCUT2D eigenvalue weighted by Gasteiger charge is -2.14. The van der Waals surface area contributed by atoms with Gasteiger partial charge in [-0.2, -0.15) is 0 Å². The zero-order chi connectivity index (χ0) is 15.9. The molecule has 0 bridgehead atoms. The van der Waals surface area contributed by atoms with Crippen molar-refractivity contribution >= 4 is 23.3 Å². The van der Waals surface area contributed by atoms with Crippen molar-refractivity contribution in [3.8, 4) is 0 Å². The van der Waals surface area contributed by atoms with E-state index in [1.54, 1.807) is 0 Å². The fourth-order valence-corrected chi connectivity index (χ4v) is 2.41. The number of hydrogen-bond donors (Lipinski definition) is 0. The van der Waals surface area contributed by atoms with E-state index in [0.29, 0.717) is 10.8 Å². The minimum Gasteiger partial charge on any atom is -0.426 e. The van der Waals surface area contributed by atoms with Crippen LogP contribution in [0.4, 0.5) is 0 Å². The fourth-order valence-electron chi connectivity index (χ4n) is 2.29. The molecule has 0 aliphatic rings. The van der Waals surface area contributed by atoms with Crippen LogP contribution in [0.5, 0.6) is 0 Å². The van der Waals surface area contributed by atoms with Crippen molar-refractivity contribution in [2.45, 2.75) is 26.2 Å². The zero-order valence-corrected chi connectivity index (χ0v) is 13.5.